The Morgan fingerprint density at radius 2 is 1.91 bits per heavy atom. The first-order chi connectivity index (χ1) is 10.8. The molecule has 2 amide bonds. The maximum atomic E-state index is 12.4. The summed E-state index contributed by atoms with van der Waals surface area (Å²) in [5.41, 5.74) is 1.14. The van der Waals surface area contributed by atoms with Crippen LogP contribution in [0.3, 0.4) is 0 Å². The van der Waals surface area contributed by atoms with E-state index in [2.05, 4.69) is 19.2 Å². The highest BCUT2D eigenvalue weighted by Crippen LogP contribution is 2.61. The van der Waals surface area contributed by atoms with Gasteiger partial charge in [0, 0.05) is 24.8 Å². The number of anilines is 1. The lowest BCUT2D eigenvalue weighted by Gasteiger charge is -2.23. The van der Waals surface area contributed by atoms with E-state index in [4.69, 9.17) is 9.47 Å². The van der Waals surface area contributed by atoms with E-state index in [0.717, 1.165) is 18.8 Å². The number of ether oxygens (including phenoxy) is 2. The van der Waals surface area contributed by atoms with Crippen molar-refractivity contribution >= 4 is 11.7 Å². The van der Waals surface area contributed by atoms with Gasteiger partial charge in [0.05, 0.1) is 13.2 Å². The highest BCUT2D eigenvalue weighted by Gasteiger charge is 2.62. The molecule has 126 valence electrons. The number of likely N-dealkylation sites (tertiary alicyclic amines) is 1. The first-order valence-corrected chi connectivity index (χ1v) is 8.23. The number of nitrogens with one attached hydrogen (secondary N) is 1. The van der Waals surface area contributed by atoms with Gasteiger partial charge in [0.15, 0.2) is 11.5 Å². The molecule has 1 aliphatic heterocycles. The zero-order valence-electron chi connectivity index (χ0n) is 14.6. The molecule has 5 heteroatoms. The third kappa shape index (κ3) is 2.96. The molecule has 1 heterocycles. The minimum atomic E-state index is -0.0336. The van der Waals surface area contributed by atoms with E-state index in [1.54, 1.807) is 7.11 Å². The lowest BCUT2D eigenvalue weighted by Crippen LogP contribution is -2.36. The van der Waals surface area contributed by atoms with Gasteiger partial charge < -0.3 is 19.7 Å². The van der Waals surface area contributed by atoms with E-state index in [-0.39, 0.29) is 12.1 Å². The zero-order valence-corrected chi connectivity index (χ0v) is 14.6. The molecule has 0 spiro atoms. The van der Waals surface area contributed by atoms with Gasteiger partial charge in [0.2, 0.25) is 0 Å². The number of rotatable bonds is 4. The Hall–Kier alpha value is -1.91. The van der Waals surface area contributed by atoms with Crippen LogP contribution in [-0.4, -0.2) is 37.2 Å². The smallest absolute Gasteiger partial charge is 0.321 e. The van der Waals surface area contributed by atoms with Crippen LogP contribution < -0.4 is 14.8 Å². The molecule has 0 unspecified atom stereocenters. The summed E-state index contributed by atoms with van der Waals surface area (Å²) in [6.45, 7) is 10.2. The number of methoxy groups -OCH3 is 1. The standard InChI is InChI=1S/C18H26N2O3/c1-11(2)23-16-8-12(6-7-15(16)22-5)19-17(21)20-9-13-14(10-20)18(13,3)4/h6-8,11,13-14H,9-10H2,1-5H3,(H,19,21)/t13-,14+. The van der Waals surface area contributed by atoms with Gasteiger partial charge in [-0.1, -0.05) is 13.8 Å². The third-order valence-corrected chi connectivity index (χ3v) is 5.19. The molecule has 0 radical (unpaired) electrons. The Kier molecular flexibility index (Phi) is 3.90. The summed E-state index contributed by atoms with van der Waals surface area (Å²) < 4.78 is 11.0. The number of carbonyl (C=O) groups excluding carboxylic acids is 1. The number of fused-ring (bicyclic) bond motifs is 1. The lowest BCUT2D eigenvalue weighted by molar-refractivity contribution is 0.209. The lowest BCUT2D eigenvalue weighted by atomic mass is 10.1. The number of hydrogen-bond acceptors (Lipinski definition) is 3. The first kappa shape index (κ1) is 16.0. The maximum Gasteiger partial charge on any atom is 0.321 e. The van der Waals surface area contributed by atoms with Crippen LogP contribution >= 0.6 is 0 Å². The van der Waals surface area contributed by atoms with Gasteiger partial charge in [-0.2, -0.15) is 0 Å². The molecule has 2 aliphatic rings. The van der Waals surface area contributed by atoms with Crippen molar-refractivity contribution in [2.45, 2.75) is 33.8 Å². The van der Waals surface area contributed by atoms with Crippen LogP contribution in [0.25, 0.3) is 0 Å². The first-order valence-electron chi connectivity index (χ1n) is 8.23. The Labute approximate surface area is 137 Å². The fraction of sp³-hybridized carbons (Fsp3) is 0.611. The summed E-state index contributed by atoms with van der Waals surface area (Å²) in [6.07, 6.45) is 0.0442. The summed E-state index contributed by atoms with van der Waals surface area (Å²) >= 11 is 0. The second-order valence-electron chi connectivity index (χ2n) is 7.40. The molecule has 1 saturated carbocycles. The SMILES string of the molecule is COc1ccc(NC(=O)N2C[C@@H]3[C@H](C2)C3(C)C)cc1OC(C)C. The van der Waals surface area contributed by atoms with Gasteiger partial charge in [0.25, 0.3) is 0 Å². The number of carbonyl (C=O) groups is 1. The summed E-state index contributed by atoms with van der Waals surface area (Å²) in [5, 5.41) is 2.97. The van der Waals surface area contributed by atoms with Crippen molar-refractivity contribution in [1.29, 1.82) is 0 Å². The topological polar surface area (TPSA) is 50.8 Å². The van der Waals surface area contributed by atoms with Gasteiger partial charge in [0.1, 0.15) is 0 Å². The molecule has 2 fully saturated rings. The van der Waals surface area contributed by atoms with Crippen molar-refractivity contribution in [3.63, 3.8) is 0 Å². The highest BCUT2D eigenvalue weighted by molar-refractivity contribution is 5.90. The van der Waals surface area contributed by atoms with Gasteiger partial charge in [-0.3, -0.25) is 0 Å². The van der Waals surface area contributed by atoms with Crippen molar-refractivity contribution in [3.05, 3.63) is 18.2 Å². The van der Waals surface area contributed by atoms with Crippen LogP contribution in [0.1, 0.15) is 27.7 Å². The summed E-state index contributed by atoms with van der Waals surface area (Å²) in [4.78, 5) is 14.3. The quantitative estimate of drug-likeness (QED) is 0.923. The Morgan fingerprint density at radius 1 is 1.26 bits per heavy atom. The minimum Gasteiger partial charge on any atom is -0.493 e. The largest absolute Gasteiger partial charge is 0.493 e. The predicted molar refractivity (Wildman–Crippen MR) is 90.1 cm³/mol. The number of piperidine rings is 1. The Balaban J connectivity index is 1.65. The molecule has 1 aliphatic carbocycles. The zero-order chi connectivity index (χ0) is 16.8. The van der Waals surface area contributed by atoms with Gasteiger partial charge >= 0.3 is 6.03 Å². The fourth-order valence-corrected chi connectivity index (χ4v) is 3.60. The van der Waals surface area contributed by atoms with Crippen LogP contribution in [0.5, 0.6) is 11.5 Å². The van der Waals surface area contributed by atoms with E-state index in [0.29, 0.717) is 28.7 Å². The number of urea groups is 1. The molecule has 1 aromatic rings. The van der Waals surface area contributed by atoms with Crippen LogP contribution in [0.2, 0.25) is 0 Å². The average molecular weight is 318 g/mol. The number of hydrogen-bond donors (Lipinski definition) is 1. The van der Waals surface area contributed by atoms with Gasteiger partial charge in [-0.05, 0) is 43.2 Å². The number of benzene rings is 1. The molecule has 1 aromatic carbocycles. The van der Waals surface area contributed by atoms with Crippen molar-refractivity contribution in [3.8, 4) is 11.5 Å². The van der Waals surface area contributed by atoms with E-state index in [9.17, 15) is 4.79 Å². The van der Waals surface area contributed by atoms with Crippen molar-refractivity contribution in [2.24, 2.45) is 17.3 Å². The van der Waals surface area contributed by atoms with E-state index < -0.39 is 0 Å². The number of nitrogens with zero attached hydrogens (tertiary/aromatic N) is 1. The van der Waals surface area contributed by atoms with Gasteiger partial charge in [-0.25, -0.2) is 4.79 Å². The van der Waals surface area contributed by atoms with Crippen molar-refractivity contribution in [1.82, 2.24) is 4.90 Å². The molecular weight excluding hydrogens is 292 g/mol. The molecule has 2 atom stereocenters. The van der Waals surface area contributed by atoms with E-state index in [1.165, 1.54) is 0 Å². The molecule has 5 nitrogen and oxygen atoms in total. The predicted octanol–water partition coefficient (Wildman–Crippen LogP) is 3.60. The van der Waals surface area contributed by atoms with Gasteiger partial charge in [-0.15, -0.1) is 0 Å². The molecule has 0 aromatic heterocycles. The monoisotopic (exact) mass is 318 g/mol. The molecule has 1 N–H and O–H groups in total. The second kappa shape index (κ2) is 5.62. The van der Waals surface area contributed by atoms with Crippen LogP contribution in [0, 0.1) is 17.3 Å². The van der Waals surface area contributed by atoms with E-state index >= 15 is 0 Å². The van der Waals surface area contributed by atoms with Crippen molar-refractivity contribution < 1.29 is 14.3 Å². The Bertz CT molecular complexity index is 598. The second-order valence-corrected chi connectivity index (χ2v) is 7.40. The fourth-order valence-electron chi connectivity index (χ4n) is 3.60. The molecule has 3 rings (SSSR count). The normalized spacial score (nSPS) is 24.3. The molecule has 1 saturated heterocycles. The van der Waals surface area contributed by atoms with Crippen LogP contribution in [0.15, 0.2) is 18.2 Å². The average Bonchev–Trinajstić information content (AvgIpc) is 2.86. The van der Waals surface area contributed by atoms with Crippen molar-refractivity contribution in [2.75, 3.05) is 25.5 Å². The highest BCUT2D eigenvalue weighted by atomic mass is 16.5. The minimum absolute atomic E-state index is 0.0336. The summed E-state index contributed by atoms with van der Waals surface area (Å²) in [5.74, 6) is 2.62. The summed E-state index contributed by atoms with van der Waals surface area (Å²) in [7, 11) is 1.61. The number of amides is 2. The van der Waals surface area contributed by atoms with Crippen LogP contribution in [0.4, 0.5) is 10.5 Å². The third-order valence-electron chi connectivity index (χ3n) is 5.19. The molecular formula is C18H26N2O3. The van der Waals surface area contributed by atoms with E-state index in [1.807, 2.05) is 36.9 Å². The maximum absolute atomic E-state index is 12.4. The Morgan fingerprint density at radius 3 is 2.48 bits per heavy atom. The van der Waals surface area contributed by atoms with Crippen LogP contribution in [-0.2, 0) is 0 Å². The molecule has 23 heavy (non-hydrogen) atoms. The molecule has 0 bridgehead atoms. The summed E-state index contributed by atoms with van der Waals surface area (Å²) in [6, 6.07) is 5.44.